The summed E-state index contributed by atoms with van der Waals surface area (Å²) in [6.45, 7) is 4.45. The van der Waals surface area contributed by atoms with Gasteiger partial charge in [-0.3, -0.25) is 9.59 Å². The summed E-state index contributed by atoms with van der Waals surface area (Å²) in [6.07, 6.45) is 0. The second-order valence-corrected chi connectivity index (χ2v) is 8.80. The number of Topliss-reactive ketones (excluding diaryl/α,β-unsaturated/α-hetero) is 1. The lowest BCUT2D eigenvalue weighted by Crippen LogP contribution is -2.28. The van der Waals surface area contributed by atoms with Gasteiger partial charge in [-0.05, 0) is 50.2 Å². The van der Waals surface area contributed by atoms with Gasteiger partial charge in [-0.2, -0.15) is 0 Å². The fraction of sp³-hybridized carbons (Fsp3) is 0.238. The summed E-state index contributed by atoms with van der Waals surface area (Å²) >= 11 is 10.6. The molecule has 0 spiro atoms. The number of nitrogens with zero attached hydrogens (tertiary/aromatic N) is 3. The second-order valence-electron chi connectivity index (χ2n) is 6.51. The number of hydrogen-bond donors (Lipinski definition) is 1. The van der Waals surface area contributed by atoms with Crippen molar-refractivity contribution in [1.29, 1.82) is 0 Å². The average molecular weight is 508 g/mol. The Morgan fingerprint density at radius 1 is 1.10 bits per heavy atom. The van der Waals surface area contributed by atoms with Crippen molar-refractivity contribution in [1.82, 2.24) is 20.1 Å². The first-order chi connectivity index (χ1) is 14.4. The number of thioether (sulfide) groups is 1. The summed E-state index contributed by atoms with van der Waals surface area (Å²) in [7, 11) is 0. The summed E-state index contributed by atoms with van der Waals surface area (Å²) in [6, 6.07) is 13.6. The summed E-state index contributed by atoms with van der Waals surface area (Å²) in [4.78, 5) is 24.9. The number of carbonyl (C=O) groups is 2. The molecule has 1 aromatic heterocycles. The SMILES string of the molecule is CCn1c(SCC(=O)c2ccc(Br)cc2)nnc1C(C)NC(=O)c1ccc(Cl)cc1. The van der Waals surface area contributed by atoms with Gasteiger partial charge >= 0.3 is 0 Å². The number of carbonyl (C=O) groups excluding carboxylic acids is 2. The van der Waals surface area contributed by atoms with E-state index in [1.807, 2.05) is 30.5 Å². The van der Waals surface area contributed by atoms with Gasteiger partial charge in [0.05, 0.1) is 11.8 Å². The van der Waals surface area contributed by atoms with Crippen LogP contribution in [-0.2, 0) is 6.54 Å². The largest absolute Gasteiger partial charge is 0.342 e. The van der Waals surface area contributed by atoms with E-state index in [9.17, 15) is 9.59 Å². The fourth-order valence-electron chi connectivity index (χ4n) is 2.82. The molecule has 1 unspecified atom stereocenters. The molecule has 1 atom stereocenters. The van der Waals surface area contributed by atoms with Crippen LogP contribution in [0.3, 0.4) is 0 Å². The highest BCUT2D eigenvalue weighted by Gasteiger charge is 2.20. The minimum atomic E-state index is -0.350. The molecule has 1 amide bonds. The Labute approximate surface area is 192 Å². The molecule has 1 heterocycles. The molecule has 0 saturated carbocycles. The highest BCUT2D eigenvalue weighted by atomic mass is 79.9. The van der Waals surface area contributed by atoms with Crippen molar-refractivity contribution < 1.29 is 9.59 Å². The van der Waals surface area contributed by atoms with Crippen molar-refractivity contribution in [3.05, 3.63) is 75.0 Å². The van der Waals surface area contributed by atoms with Crippen LogP contribution >= 0.6 is 39.3 Å². The maximum Gasteiger partial charge on any atom is 0.251 e. The number of ketones is 1. The maximum absolute atomic E-state index is 12.5. The first-order valence-electron chi connectivity index (χ1n) is 9.30. The van der Waals surface area contributed by atoms with Crippen LogP contribution in [0, 0.1) is 0 Å². The summed E-state index contributed by atoms with van der Waals surface area (Å²) in [5.41, 5.74) is 1.17. The van der Waals surface area contributed by atoms with E-state index in [1.165, 1.54) is 11.8 Å². The van der Waals surface area contributed by atoms with Crippen molar-refractivity contribution in [2.24, 2.45) is 0 Å². The van der Waals surface area contributed by atoms with E-state index < -0.39 is 0 Å². The minimum Gasteiger partial charge on any atom is -0.342 e. The zero-order valence-electron chi connectivity index (χ0n) is 16.4. The zero-order chi connectivity index (χ0) is 21.7. The van der Waals surface area contributed by atoms with Gasteiger partial charge in [0, 0.05) is 27.2 Å². The van der Waals surface area contributed by atoms with Gasteiger partial charge in [-0.25, -0.2) is 0 Å². The van der Waals surface area contributed by atoms with Crippen LogP contribution in [0.25, 0.3) is 0 Å². The van der Waals surface area contributed by atoms with Crippen LogP contribution in [0.1, 0.15) is 46.4 Å². The quantitative estimate of drug-likeness (QED) is 0.336. The Morgan fingerprint density at radius 3 is 2.37 bits per heavy atom. The molecule has 6 nitrogen and oxygen atoms in total. The van der Waals surface area contributed by atoms with E-state index in [1.54, 1.807) is 36.4 Å². The maximum atomic E-state index is 12.5. The van der Waals surface area contributed by atoms with Gasteiger partial charge in [-0.1, -0.05) is 51.4 Å². The third-order valence-corrected chi connectivity index (χ3v) is 6.15. The van der Waals surface area contributed by atoms with Gasteiger partial charge in [0.1, 0.15) is 0 Å². The number of nitrogens with one attached hydrogen (secondary N) is 1. The molecular formula is C21H20BrClN4O2S. The predicted octanol–water partition coefficient (Wildman–Crippen LogP) is 5.18. The molecule has 0 saturated heterocycles. The third-order valence-electron chi connectivity index (χ3n) is 4.40. The van der Waals surface area contributed by atoms with Crippen molar-refractivity contribution in [3.8, 4) is 0 Å². The number of benzene rings is 2. The molecule has 3 aromatic rings. The Morgan fingerprint density at radius 2 is 1.73 bits per heavy atom. The Kier molecular flexibility index (Phi) is 7.69. The molecule has 0 aliphatic carbocycles. The molecule has 9 heteroatoms. The van der Waals surface area contributed by atoms with E-state index in [0.717, 1.165) is 4.47 Å². The highest BCUT2D eigenvalue weighted by Crippen LogP contribution is 2.22. The first kappa shape index (κ1) is 22.5. The van der Waals surface area contributed by atoms with Crippen LogP contribution in [0.5, 0.6) is 0 Å². The fourth-order valence-corrected chi connectivity index (χ4v) is 4.11. The van der Waals surface area contributed by atoms with Crippen molar-refractivity contribution >= 4 is 51.0 Å². The molecule has 0 bridgehead atoms. The van der Waals surface area contributed by atoms with E-state index in [4.69, 9.17) is 11.6 Å². The molecule has 0 aliphatic heterocycles. The van der Waals surface area contributed by atoms with Crippen molar-refractivity contribution in [2.45, 2.75) is 31.6 Å². The zero-order valence-corrected chi connectivity index (χ0v) is 19.6. The van der Waals surface area contributed by atoms with E-state index >= 15 is 0 Å². The Bertz CT molecular complexity index is 1040. The number of halogens is 2. The highest BCUT2D eigenvalue weighted by molar-refractivity contribution is 9.10. The van der Waals surface area contributed by atoms with Gasteiger partial charge in [0.15, 0.2) is 16.8 Å². The first-order valence-corrected chi connectivity index (χ1v) is 11.5. The van der Waals surface area contributed by atoms with Gasteiger partial charge in [0.25, 0.3) is 5.91 Å². The van der Waals surface area contributed by atoms with Gasteiger partial charge in [-0.15, -0.1) is 10.2 Å². The number of aromatic nitrogens is 3. The smallest absolute Gasteiger partial charge is 0.251 e. The van der Waals surface area contributed by atoms with Crippen LogP contribution < -0.4 is 5.32 Å². The molecule has 156 valence electrons. The second kappa shape index (κ2) is 10.2. The standard InChI is InChI=1S/C21H20BrClN4O2S/c1-3-27-19(13(2)24-20(29)15-6-10-17(23)11-7-15)25-26-21(27)30-12-18(28)14-4-8-16(22)9-5-14/h4-11,13H,3,12H2,1-2H3,(H,24,29). The van der Waals surface area contributed by atoms with Gasteiger partial charge in [0.2, 0.25) is 0 Å². The predicted molar refractivity (Wildman–Crippen MR) is 122 cm³/mol. The summed E-state index contributed by atoms with van der Waals surface area (Å²) in [5, 5.41) is 12.6. The molecule has 0 aliphatic rings. The van der Waals surface area contributed by atoms with Crippen LogP contribution in [0.2, 0.25) is 5.02 Å². The molecule has 2 aromatic carbocycles. The molecule has 3 rings (SSSR count). The number of amides is 1. The van der Waals surface area contributed by atoms with E-state index in [-0.39, 0.29) is 23.5 Å². The van der Waals surface area contributed by atoms with Crippen molar-refractivity contribution in [2.75, 3.05) is 5.75 Å². The lowest BCUT2D eigenvalue weighted by atomic mass is 10.2. The summed E-state index contributed by atoms with van der Waals surface area (Å²) in [5.74, 6) is 0.692. The lowest BCUT2D eigenvalue weighted by molar-refractivity contribution is 0.0936. The monoisotopic (exact) mass is 506 g/mol. The molecule has 30 heavy (non-hydrogen) atoms. The molecular weight excluding hydrogens is 488 g/mol. The molecule has 1 N–H and O–H groups in total. The number of hydrogen-bond acceptors (Lipinski definition) is 5. The van der Waals surface area contributed by atoms with Gasteiger partial charge < -0.3 is 9.88 Å². The average Bonchev–Trinajstić information content (AvgIpc) is 3.16. The molecule has 0 fully saturated rings. The normalized spacial score (nSPS) is 11.9. The van der Waals surface area contributed by atoms with Crippen LogP contribution in [0.4, 0.5) is 0 Å². The third kappa shape index (κ3) is 5.50. The summed E-state index contributed by atoms with van der Waals surface area (Å²) < 4.78 is 2.84. The lowest BCUT2D eigenvalue weighted by Gasteiger charge is -2.15. The minimum absolute atomic E-state index is 0.0174. The number of rotatable bonds is 8. The van der Waals surface area contributed by atoms with E-state index in [0.29, 0.717) is 33.7 Å². The van der Waals surface area contributed by atoms with Crippen LogP contribution in [-0.4, -0.2) is 32.2 Å². The topological polar surface area (TPSA) is 76.9 Å². The van der Waals surface area contributed by atoms with E-state index in [2.05, 4.69) is 31.4 Å². The Balaban J connectivity index is 1.66. The van der Waals surface area contributed by atoms with Crippen LogP contribution in [0.15, 0.2) is 58.2 Å². The van der Waals surface area contributed by atoms with Crippen molar-refractivity contribution in [3.63, 3.8) is 0 Å². The Hall–Kier alpha value is -2.16. The molecule has 0 radical (unpaired) electrons.